The molecule has 9 nitrogen and oxygen atoms in total. The molecule has 0 spiro atoms. The van der Waals surface area contributed by atoms with Crippen molar-refractivity contribution < 1.29 is 9.90 Å². The minimum absolute atomic E-state index is 0.0549. The molecule has 0 unspecified atom stereocenters. The number of aromatic nitrogens is 4. The van der Waals surface area contributed by atoms with Gasteiger partial charge in [0.25, 0.3) is 5.91 Å². The molecule has 2 aliphatic rings. The monoisotopic (exact) mass is 621 g/mol. The fourth-order valence-electron chi connectivity index (χ4n) is 6.71. The molecule has 1 amide bonds. The number of anilines is 3. The lowest BCUT2D eigenvalue weighted by atomic mass is 9.73. The van der Waals surface area contributed by atoms with E-state index in [0.717, 1.165) is 80.1 Å². The molecule has 230 valence electrons. The maximum atomic E-state index is 13.2. The van der Waals surface area contributed by atoms with Crippen LogP contribution >= 0.6 is 11.6 Å². The summed E-state index contributed by atoms with van der Waals surface area (Å²) in [6, 6.07) is 25.4. The van der Waals surface area contributed by atoms with Crippen molar-refractivity contribution in [2.75, 3.05) is 43.0 Å². The molecule has 0 bridgehead atoms. The van der Waals surface area contributed by atoms with Crippen LogP contribution < -0.4 is 10.2 Å². The topological polar surface area (TPSA) is 98.9 Å². The Labute approximate surface area is 267 Å². The molecule has 2 fully saturated rings. The van der Waals surface area contributed by atoms with Crippen molar-refractivity contribution in [2.24, 2.45) is 0 Å². The summed E-state index contributed by atoms with van der Waals surface area (Å²) in [4.78, 5) is 26.8. The van der Waals surface area contributed by atoms with Gasteiger partial charge in [-0.1, -0.05) is 29.8 Å². The quantitative estimate of drug-likeness (QED) is 0.228. The van der Waals surface area contributed by atoms with E-state index in [1.54, 1.807) is 4.52 Å². The lowest BCUT2D eigenvalue weighted by Gasteiger charge is -2.42. The molecule has 0 atom stereocenters. The van der Waals surface area contributed by atoms with Gasteiger partial charge in [0, 0.05) is 71.9 Å². The van der Waals surface area contributed by atoms with Crippen LogP contribution in [0.2, 0.25) is 5.02 Å². The summed E-state index contributed by atoms with van der Waals surface area (Å²) in [6.07, 6.45) is 7.21. The second-order valence-electron chi connectivity index (χ2n) is 12.1. The van der Waals surface area contributed by atoms with Gasteiger partial charge in [-0.15, -0.1) is 5.10 Å². The maximum absolute atomic E-state index is 13.2. The fraction of sp³-hybridized carbons (Fsp3) is 0.314. The van der Waals surface area contributed by atoms with E-state index in [2.05, 4.69) is 32.4 Å². The molecule has 0 aliphatic carbocycles. The smallest absolute Gasteiger partial charge is 0.253 e. The molecule has 5 aromatic rings. The Balaban J connectivity index is 0.996. The molecule has 2 aromatic carbocycles. The van der Waals surface area contributed by atoms with Crippen LogP contribution in [0.3, 0.4) is 0 Å². The highest BCUT2D eigenvalue weighted by atomic mass is 35.5. The number of nitrogens with one attached hydrogen (secondary N) is 1. The number of carbonyl (C=O) groups excluding carboxylic acids is 1. The number of likely N-dealkylation sites (tertiary alicyclic amines) is 1. The summed E-state index contributed by atoms with van der Waals surface area (Å²) in [5.41, 5.74) is 5.21. The van der Waals surface area contributed by atoms with Crippen molar-refractivity contribution in [2.45, 2.75) is 37.0 Å². The zero-order valence-corrected chi connectivity index (χ0v) is 25.8. The number of hydrogen-bond donors (Lipinski definition) is 2. The molecule has 3 aromatic heterocycles. The normalized spacial score (nSPS) is 17.0. The van der Waals surface area contributed by atoms with Crippen molar-refractivity contribution >= 4 is 40.5 Å². The number of rotatable bonds is 7. The lowest BCUT2D eigenvalue weighted by Crippen LogP contribution is -2.45. The molecule has 10 heteroatoms. The predicted molar refractivity (Wildman–Crippen MR) is 176 cm³/mol. The second kappa shape index (κ2) is 12.5. The molecule has 7 rings (SSSR count). The summed E-state index contributed by atoms with van der Waals surface area (Å²) in [5.74, 6) is 0.943. The standard InChI is InChI=1S/C35H36ClN7O2/c36-28-10-8-27(9-11-28)35(24-44)16-22-41(23-17-35)31-5-3-19-43-32(31)39-34(40-43)38-29-12-6-26(7-13-29)33(45)42-20-14-25(15-21-42)30-4-1-2-18-37-30/h1-13,18-19,25,44H,14-17,20-24H2,(H,38,40). The molecule has 45 heavy (non-hydrogen) atoms. The number of pyridine rings is 2. The first kappa shape index (κ1) is 29.3. The Bertz CT molecular complexity index is 1760. The molecule has 0 radical (unpaired) electrons. The highest BCUT2D eigenvalue weighted by Crippen LogP contribution is 2.38. The second-order valence-corrected chi connectivity index (χ2v) is 12.5. The van der Waals surface area contributed by atoms with E-state index in [0.29, 0.717) is 22.5 Å². The summed E-state index contributed by atoms with van der Waals surface area (Å²) < 4.78 is 1.79. The van der Waals surface area contributed by atoms with E-state index < -0.39 is 0 Å². The zero-order valence-electron chi connectivity index (χ0n) is 25.0. The number of carbonyl (C=O) groups is 1. The molecule has 2 saturated heterocycles. The molecule has 2 N–H and O–H groups in total. The maximum Gasteiger partial charge on any atom is 0.253 e. The number of nitrogens with zero attached hydrogens (tertiary/aromatic N) is 6. The van der Waals surface area contributed by atoms with E-state index >= 15 is 0 Å². The van der Waals surface area contributed by atoms with Gasteiger partial charge >= 0.3 is 0 Å². The number of amides is 1. The molecular formula is C35H36ClN7O2. The first-order valence-corrected chi connectivity index (χ1v) is 15.9. The van der Waals surface area contributed by atoms with Gasteiger partial charge in [0.05, 0.1) is 12.3 Å². The third-order valence-corrected chi connectivity index (χ3v) is 9.69. The SMILES string of the molecule is O=C(c1ccc(Nc2nc3c(N4CCC(CO)(c5ccc(Cl)cc5)CC4)cccn3n2)cc1)N1CCC(c2ccccn2)CC1. The van der Waals surface area contributed by atoms with Crippen molar-refractivity contribution in [3.63, 3.8) is 0 Å². The Morgan fingerprint density at radius 2 is 1.69 bits per heavy atom. The van der Waals surface area contributed by atoms with E-state index in [-0.39, 0.29) is 17.9 Å². The molecule has 2 aliphatic heterocycles. The van der Waals surface area contributed by atoms with Crippen LogP contribution in [-0.4, -0.2) is 68.3 Å². The van der Waals surface area contributed by atoms with Crippen LogP contribution in [0, 0.1) is 0 Å². The summed E-state index contributed by atoms with van der Waals surface area (Å²) in [5, 5.41) is 19.1. The van der Waals surface area contributed by atoms with Gasteiger partial charge in [0.15, 0.2) is 5.65 Å². The number of hydrogen-bond acceptors (Lipinski definition) is 7. The van der Waals surface area contributed by atoms with Crippen LogP contribution in [0.5, 0.6) is 0 Å². The number of aliphatic hydroxyl groups is 1. The predicted octanol–water partition coefficient (Wildman–Crippen LogP) is 6.07. The van der Waals surface area contributed by atoms with Gasteiger partial charge in [-0.2, -0.15) is 4.98 Å². The first-order valence-electron chi connectivity index (χ1n) is 15.6. The zero-order chi connectivity index (χ0) is 30.8. The summed E-state index contributed by atoms with van der Waals surface area (Å²) in [6.45, 7) is 3.13. The van der Waals surface area contributed by atoms with E-state index in [4.69, 9.17) is 16.6 Å². The molecule has 0 saturated carbocycles. The van der Waals surface area contributed by atoms with Gasteiger partial charge in [0.1, 0.15) is 0 Å². The van der Waals surface area contributed by atoms with Crippen molar-refractivity contribution in [3.05, 3.63) is 113 Å². The van der Waals surface area contributed by atoms with Gasteiger partial charge in [-0.05, 0) is 91.9 Å². The van der Waals surface area contributed by atoms with Crippen LogP contribution in [0.25, 0.3) is 5.65 Å². The number of aliphatic hydroxyl groups excluding tert-OH is 1. The Morgan fingerprint density at radius 3 is 2.38 bits per heavy atom. The first-order chi connectivity index (χ1) is 22.0. The van der Waals surface area contributed by atoms with Gasteiger partial charge < -0.3 is 20.2 Å². The third-order valence-electron chi connectivity index (χ3n) is 9.44. The fourth-order valence-corrected chi connectivity index (χ4v) is 6.84. The minimum atomic E-state index is -0.282. The summed E-state index contributed by atoms with van der Waals surface area (Å²) >= 11 is 6.11. The van der Waals surface area contributed by atoms with Crippen LogP contribution in [0.1, 0.15) is 53.2 Å². The van der Waals surface area contributed by atoms with Crippen molar-refractivity contribution in [1.29, 1.82) is 0 Å². The minimum Gasteiger partial charge on any atom is -0.395 e. The van der Waals surface area contributed by atoms with Crippen molar-refractivity contribution in [3.8, 4) is 0 Å². The largest absolute Gasteiger partial charge is 0.395 e. The van der Waals surface area contributed by atoms with Gasteiger partial charge in [0.2, 0.25) is 5.95 Å². The Kier molecular flexibility index (Phi) is 8.12. The molecular weight excluding hydrogens is 586 g/mol. The number of fused-ring (bicyclic) bond motifs is 1. The van der Waals surface area contributed by atoms with E-state index in [1.807, 2.05) is 84.0 Å². The Morgan fingerprint density at radius 1 is 0.933 bits per heavy atom. The number of piperidine rings is 2. The van der Waals surface area contributed by atoms with Gasteiger partial charge in [-0.3, -0.25) is 9.78 Å². The molecule has 5 heterocycles. The van der Waals surface area contributed by atoms with E-state index in [1.165, 1.54) is 0 Å². The number of halogens is 1. The highest BCUT2D eigenvalue weighted by molar-refractivity contribution is 6.30. The highest BCUT2D eigenvalue weighted by Gasteiger charge is 2.36. The average Bonchev–Trinajstić information content (AvgIpc) is 3.52. The lowest BCUT2D eigenvalue weighted by molar-refractivity contribution is 0.0712. The third kappa shape index (κ3) is 5.98. The van der Waals surface area contributed by atoms with E-state index in [9.17, 15) is 9.90 Å². The average molecular weight is 622 g/mol. The van der Waals surface area contributed by atoms with Crippen LogP contribution in [-0.2, 0) is 5.41 Å². The van der Waals surface area contributed by atoms with Crippen LogP contribution in [0.4, 0.5) is 17.3 Å². The van der Waals surface area contributed by atoms with Gasteiger partial charge in [-0.25, -0.2) is 4.52 Å². The summed E-state index contributed by atoms with van der Waals surface area (Å²) in [7, 11) is 0. The number of benzene rings is 2. The van der Waals surface area contributed by atoms with Crippen molar-refractivity contribution in [1.82, 2.24) is 24.5 Å². The van der Waals surface area contributed by atoms with Crippen LogP contribution in [0.15, 0.2) is 91.3 Å². The Hall–Kier alpha value is -4.47.